The molecule has 1 amide bonds. The lowest BCUT2D eigenvalue weighted by atomic mass is 10.1. The lowest BCUT2D eigenvalue weighted by Gasteiger charge is -2.22. The summed E-state index contributed by atoms with van der Waals surface area (Å²) in [4.78, 5) is 13.8. The summed E-state index contributed by atoms with van der Waals surface area (Å²) in [6.07, 6.45) is 0. The van der Waals surface area contributed by atoms with Crippen molar-refractivity contribution in [2.45, 2.75) is 6.54 Å². The highest BCUT2D eigenvalue weighted by atomic mass is 35.5. The third-order valence-electron chi connectivity index (χ3n) is 3.04. The summed E-state index contributed by atoms with van der Waals surface area (Å²) < 4.78 is 27.0. The third-order valence-corrected chi connectivity index (χ3v) is 3.21. The van der Waals surface area contributed by atoms with Crippen LogP contribution in [0.4, 0.5) is 8.78 Å². The van der Waals surface area contributed by atoms with Gasteiger partial charge in [-0.3, -0.25) is 4.79 Å². The Hall–Kier alpha value is -1.94. The molecule has 0 bridgehead atoms. The molecule has 110 valence electrons. The fraction of sp³-hybridized carbons (Fsp3) is 0.188. The molecule has 0 unspecified atom stereocenters. The molecular weight excluding hydrogens is 296 g/mol. The van der Waals surface area contributed by atoms with Crippen molar-refractivity contribution in [3.05, 3.63) is 71.3 Å². The maximum absolute atomic E-state index is 13.7. The lowest BCUT2D eigenvalue weighted by Crippen LogP contribution is -2.33. The van der Waals surface area contributed by atoms with Gasteiger partial charge in [0.2, 0.25) is 0 Å². The standard InChI is InChI=1S/C16H14ClF2NO/c17-9-10-20(11-12-5-2-1-3-6-12)16(21)13-7-4-8-14(18)15(13)19/h1-8H,9-11H2. The van der Waals surface area contributed by atoms with E-state index in [1.807, 2.05) is 30.3 Å². The van der Waals surface area contributed by atoms with Crippen molar-refractivity contribution in [1.29, 1.82) is 0 Å². The van der Waals surface area contributed by atoms with Gasteiger partial charge in [0.25, 0.3) is 5.91 Å². The zero-order chi connectivity index (χ0) is 15.2. The zero-order valence-electron chi connectivity index (χ0n) is 11.2. The molecule has 2 aromatic rings. The molecule has 0 spiro atoms. The SMILES string of the molecule is O=C(c1cccc(F)c1F)N(CCCl)Cc1ccccc1. The van der Waals surface area contributed by atoms with Crippen LogP contribution >= 0.6 is 11.6 Å². The molecule has 0 heterocycles. The maximum Gasteiger partial charge on any atom is 0.257 e. The van der Waals surface area contributed by atoms with Gasteiger partial charge in [0.15, 0.2) is 11.6 Å². The summed E-state index contributed by atoms with van der Waals surface area (Å²) in [5.74, 6) is -2.52. The molecular formula is C16H14ClF2NO. The summed E-state index contributed by atoms with van der Waals surface area (Å²) in [7, 11) is 0. The van der Waals surface area contributed by atoms with E-state index in [1.165, 1.54) is 17.0 Å². The molecule has 5 heteroatoms. The topological polar surface area (TPSA) is 20.3 Å². The van der Waals surface area contributed by atoms with Gasteiger partial charge in [-0.1, -0.05) is 36.4 Å². The lowest BCUT2D eigenvalue weighted by molar-refractivity contribution is 0.0748. The monoisotopic (exact) mass is 309 g/mol. The summed E-state index contributed by atoms with van der Waals surface area (Å²) in [5.41, 5.74) is 0.615. The van der Waals surface area contributed by atoms with Crippen LogP contribution < -0.4 is 0 Å². The molecule has 0 aliphatic carbocycles. The maximum atomic E-state index is 13.7. The Balaban J connectivity index is 2.25. The molecule has 2 nitrogen and oxygen atoms in total. The largest absolute Gasteiger partial charge is 0.333 e. The summed E-state index contributed by atoms with van der Waals surface area (Å²) in [5, 5.41) is 0. The van der Waals surface area contributed by atoms with Gasteiger partial charge >= 0.3 is 0 Å². The second kappa shape index (κ2) is 7.18. The van der Waals surface area contributed by atoms with Crippen LogP contribution in [0.5, 0.6) is 0 Å². The highest BCUT2D eigenvalue weighted by Crippen LogP contribution is 2.16. The van der Waals surface area contributed by atoms with Gasteiger partial charge in [0.1, 0.15) is 0 Å². The van der Waals surface area contributed by atoms with Crippen LogP contribution in [0.1, 0.15) is 15.9 Å². The van der Waals surface area contributed by atoms with E-state index < -0.39 is 17.5 Å². The van der Waals surface area contributed by atoms with E-state index in [-0.39, 0.29) is 18.0 Å². The molecule has 0 aromatic heterocycles. The fourth-order valence-corrected chi connectivity index (χ4v) is 2.20. The number of carbonyl (C=O) groups excluding carboxylic acids is 1. The Morgan fingerprint density at radius 2 is 1.76 bits per heavy atom. The van der Waals surface area contributed by atoms with Crippen molar-refractivity contribution in [3.8, 4) is 0 Å². The van der Waals surface area contributed by atoms with E-state index in [9.17, 15) is 13.6 Å². The molecule has 21 heavy (non-hydrogen) atoms. The van der Waals surface area contributed by atoms with Crippen LogP contribution in [0.15, 0.2) is 48.5 Å². The van der Waals surface area contributed by atoms with Crippen molar-refractivity contribution in [1.82, 2.24) is 4.90 Å². The van der Waals surface area contributed by atoms with Crippen molar-refractivity contribution in [3.63, 3.8) is 0 Å². The number of hydrogen-bond donors (Lipinski definition) is 0. The minimum Gasteiger partial charge on any atom is -0.333 e. The molecule has 0 N–H and O–H groups in total. The van der Waals surface area contributed by atoms with Crippen LogP contribution in [0.2, 0.25) is 0 Å². The molecule has 0 aliphatic rings. The fourth-order valence-electron chi connectivity index (χ4n) is 2.00. The molecule has 2 aromatic carbocycles. The van der Waals surface area contributed by atoms with E-state index in [0.29, 0.717) is 6.54 Å². The van der Waals surface area contributed by atoms with Gasteiger partial charge < -0.3 is 4.90 Å². The van der Waals surface area contributed by atoms with Crippen molar-refractivity contribution < 1.29 is 13.6 Å². The van der Waals surface area contributed by atoms with Gasteiger partial charge in [-0.05, 0) is 17.7 Å². The highest BCUT2D eigenvalue weighted by Gasteiger charge is 2.21. The second-order valence-electron chi connectivity index (χ2n) is 4.50. The number of benzene rings is 2. The predicted molar refractivity (Wildman–Crippen MR) is 78.3 cm³/mol. The van der Waals surface area contributed by atoms with Crippen LogP contribution in [0, 0.1) is 11.6 Å². The number of amides is 1. The Morgan fingerprint density at radius 1 is 1.05 bits per heavy atom. The second-order valence-corrected chi connectivity index (χ2v) is 4.88. The molecule has 0 atom stereocenters. The molecule has 0 aliphatic heterocycles. The van der Waals surface area contributed by atoms with Gasteiger partial charge in [-0.2, -0.15) is 0 Å². The Morgan fingerprint density at radius 3 is 2.43 bits per heavy atom. The van der Waals surface area contributed by atoms with E-state index >= 15 is 0 Å². The number of nitrogens with zero attached hydrogens (tertiary/aromatic N) is 1. The highest BCUT2D eigenvalue weighted by molar-refractivity contribution is 6.18. The summed E-state index contributed by atoms with van der Waals surface area (Å²) in [6.45, 7) is 0.549. The molecule has 0 saturated carbocycles. The third kappa shape index (κ3) is 3.79. The van der Waals surface area contributed by atoms with Gasteiger partial charge in [0, 0.05) is 19.0 Å². The average molecular weight is 310 g/mol. The van der Waals surface area contributed by atoms with Crippen molar-refractivity contribution in [2.75, 3.05) is 12.4 Å². The Bertz CT molecular complexity index is 619. The van der Waals surface area contributed by atoms with Gasteiger partial charge in [0.05, 0.1) is 5.56 Å². The van der Waals surface area contributed by atoms with Crippen molar-refractivity contribution >= 4 is 17.5 Å². The zero-order valence-corrected chi connectivity index (χ0v) is 12.0. The molecule has 2 rings (SSSR count). The smallest absolute Gasteiger partial charge is 0.257 e. The first kappa shape index (κ1) is 15.4. The van der Waals surface area contributed by atoms with Gasteiger partial charge in [-0.25, -0.2) is 8.78 Å². The first-order valence-electron chi connectivity index (χ1n) is 6.46. The van der Waals surface area contributed by atoms with E-state index in [4.69, 9.17) is 11.6 Å². The summed E-state index contributed by atoms with van der Waals surface area (Å²) in [6, 6.07) is 12.8. The number of alkyl halides is 1. The molecule has 0 fully saturated rings. The Kier molecular flexibility index (Phi) is 5.28. The molecule has 0 radical (unpaired) electrons. The van der Waals surface area contributed by atoms with Crippen LogP contribution in [-0.4, -0.2) is 23.2 Å². The van der Waals surface area contributed by atoms with Crippen molar-refractivity contribution in [2.24, 2.45) is 0 Å². The number of hydrogen-bond acceptors (Lipinski definition) is 1. The first-order valence-corrected chi connectivity index (χ1v) is 7.00. The average Bonchev–Trinajstić information content (AvgIpc) is 2.50. The first-order chi connectivity index (χ1) is 10.1. The number of rotatable bonds is 5. The Labute approximate surface area is 127 Å². The van der Waals surface area contributed by atoms with Crippen LogP contribution in [-0.2, 0) is 6.54 Å². The quantitative estimate of drug-likeness (QED) is 0.768. The van der Waals surface area contributed by atoms with Crippen LogP contribution in [0.25, 0.3) is 0 Å². The van der Waals surface area contributed by atoms with Crippen LogP contribution in [0.3, 0.4) is 0 Å². The van der Waals surface area contributed by atoms with Gasteiger partial charge in [-0.15, -0.1) is 11.6 Å². The minimum atomic E-state index is -1.13. The van der Waals surface area contributed by atoms with E-state index in [2.05, 4.69) is 0 Å². The predicted octanol–water partition coefficient (Wildman–Crippen LogP) is 3.85. The molecule has 0 saturated heterocycles. The minimum absolute atomic E-state index is 0.218. The summed E-state index contributed by atoms with van der Waals surface area (Å²) >= 11 is 5.70. The van der Waals surface area contributed by atoms with E-state index in [1.54, 1.807) is 0 Å². The number of halogens is 3. The number of carbonyl (C=O) groups is 1. The van der Waals surface area contributed by atoms with E-state index in [0.717, 1.165) is 11.6 Å². The normalized spacial score (nSPS) is 10.4.